The Morgan fingerprint density at radius 3 is 1.71 bits per heavy atom. The first-order valence-corrected chi connectivity index (χ1v) is 1.55. The molecular formula is C3H9Br2NO. The van der Waals surface area contributed by atoms with E-state index in [1.165, 1.54) is 0 Å². The van der Waals surface area contributed by atoms with Gasteiger partial charge in [-0.3, -0.25) is 4.79 Å². The quantitative estimate of drug-likeness (QED) is 0.724. The Balaban J connectivity index is -0.0000000800. The summed E-state index contributed by atoms with van der Waals surface area (Å²) in [5.41, 5.74) is 4.65. The molecule has 1 amide bonds. The Morgan fingerprint density at radius 2 is 1.71 bits per heavy atom. The minimum absolute atomic E-state index is 0. The molecule has 0 aromatic carbocycles. The van der Waals surface area contributed by atoms with Gasteiger partial charge in [0, 0.05) is 6.42 Å². The molecule has 0 radical (unpaired) electrons. The van der Waals surface area contributed by atoms with Crippen LogP contribution in [0, 0.1) is 0 Å². The van der Waals surface area contributed by atoms with Crippen LogP contribution in [0.2, 0.25) is 0 Å². The fraction of sp³-hybridized carbons (Fsp3) is 0.667. The van der Waals surface area contributed by atoms with Gasteiger partial charge in [-0.25, -0.2) is 0 Å². The SMILES string of the molecule is Br.Br.CCC(N)=O. The molecule has 0 heterocycles. The van der Waals surface area contributed by atoms with Crippen LogP contribution in [-0.2, 0) is 4.79 Å². The topological polar surface area (TPSA) is 43.1 Å². The van der Waals surface area contributed by atoms with Gasteiger partial charge in [0.05, 0.1) is 0 Å². The van der Waals surface area contributed by atoms with Crippen LogP contribution in [0.5, 0.6) is 0 Å². The molecule has 0 rings (SSSR count). The lowest BCUT2D eigenvalue weighted by atomic mass is 10.5. The van der Waals surface area contributed by atoms with Gasteiger partial charge in [-0.1, -0.05) is 6.92 Å². The molecule has 0 bridgehead atoms. The highest BCUT2D eigenvalue weighted by Gasteiger charge is 1.77. The summed E-state index contributed by atoms with van der Waals surface area (Å²) in [6.07, 6.45) is 0.444. The van der Waals surface area contributed by atoms with Crippen LogP contribution < -0.4 is 5.73 Å². The maximum Gasteiger partial charge on any atom is 0.217 e. The third-order valence-electron chi connectivity index (χ3n) is 0.348. The maximum absolute atomic E-state index is 9.59. The second kappa shape index (κ2) is 9.66. The van der Waals surface area contributed by atoms with Crippen molar-refractivity contribution in [2.24, 2.45) is 5.73 Å². The Kier molecular flexibility index (Phi) is 21.6. The molecule has 0 aromatic rings. The number of hydrogen-bond acceptors (Lipinski definition) is 1. The fourth-order valence-electron chi connectivity index (χ4n) is 0. The van der Waals surface area contributed by atoms with Crippen molar-refractivity contribution in [3.8, 4) is 0 Å². The van der Waals surface area contributed by atoms with E-state index in [1.54, 1.807) is 6.92 Å². The van der Waals surface area contributed by atoms with E-state index < -0.39 is 0 Å². The highest BCUT2D eigenvalue weighted by molar-refractivity contribution is 8.93. The fourth-order valence-corrected chi connectivity index (χ4v) is 0. The first-order chi connectivity index (χ1) is 2.27. The third kappa shape index (κ3) is 21.4. The van der Waals surface area contributed by atoms with Crippen molar-refractivity contribution in [2.45, 2.75) is 13.3 Å². The molecule has 0 aliphatic rings. The molecule has 2 N–H and O–H groups in total. The van der Waals surface area contributed by atoms with E-state index in [9.17, 15) is 4.79 Å². The number of rotatable bonds is 1. The van der Waals surface area contributed by atoms with E-state index >= 15 is 0 Å². The zero-order valence-corrected chi connectivity index (χ0v) is 7.44. The number of nitrogens with two attached hydrogens (primary N) is 1. The lowest BCUT2D eigenvalue weighted by Crippen LogP contribution is -2.06. The smallest absolute Gasteiger partial charge is 0.217 e. The van der Waals surface area contributed by atoms with E-state index in [0.29, 0.717) is 6.42 Å². The molecule has 0 spiro atoms. The van der Waals surface area contributed by atoms with Gasteiger partial charge >= 0.3 is 0 Å². The summed E-state index contributed by atoms with van der Waals surface area (Å²) >= 11 is 0. The summed E-state index contributed by atoms with van der Waals surface area (Å²) < 4.78 is 0. The van der Waals surface area contributed by atoms with Gasteiger partial charge in [-0.15, -0.1) is 34.0 Å². The molecular weight excluding hydrogens is 226 g/mol. The van der Waals surface area contributed by atoms with Crippen LogP contribution >= 0.6 is 34.0 Å². The number of halogens is 2. The molecule has 4 heteroatoms. The number of amides is 1. The maximum atomic E-state index is 9.59. The zero-order valence-electron chi connectivity index (χ0n) is 4.01. The Labute approximate surface area is 64.0 Å². The minimum atomic E-state index is -0.245. The molecule has 0 aliphatic heterocycles. The molecule has 46 valence electrons. The number of carbonyl (C=O) groups is 1. The number of hydrogen-bond donors (Lipinski definition) is 1. The second-order valence-corrected chi connectivity index (χ2v) is 0.820. The van der Waals surface area contributed by atoms with Crippen LogP contribution in [0.15, 0.2) is 0 Å². The van der Waals surface area contributed by atoms with Crippen LogP contribution in [0.3, 0.4) is 0 Å². The molecule has 0 unspecified atom stereocenters. The van der Waals surface area contributed by atoms with Crippen molar-refractivity contribution in [1.29, 1.82) is 0 Å². The summed E-state index contributed by atoms with van der Waals surface area (Å²) in [6.45, 7) is 1.72. The average Bonchev–Trinajstić information content (AvgIpc) is 1.38. The predicted molar refractivity (Wildman–Crippen MR) is 40.1 cm³/mol. The summed E-state index contributed by atoms with van der Waals surface area (Å²) in [5.74, 6) is -0.245. The van der Waals surface area contributed by atoms with Crippen molar-refractivity contribution < 1.29 is 4.79 Å². The number of carbonyl (C=O) groups excluding carboxylic acids is 1. The molecule has 0 saturated carbocycles. The lowest BCUT2D eigenvalue weighted by molar-refractivity contribution is -0.117. The van der Waals surface area contributed by atoms with Gasteiger partial charge in [0.15, 0.2) is 0 Å². The van der Waals surface area contributed by atoms with E-state index in [2.05, 4.69) is 5.73 Å². The van der Waals surface area contributed by atoms with Gasteiger partial charge in [0.25, 0.3) is 0 Å². The van der Waals surface area contributed by atoms with Crippen LogP contribution in [0.4, 0.5) is 0 Å². The summed E-state index contributed by atoms with van der Waals surface area (Å²) in [6, 6.07) is 0. The van der Waals surface area contributed by atoms with Crippen LogP contribution in [-0.4, -0.2) is 5.91 Å². The first-order valence-electron chi connectivity index (χ1n) is 1.55. The van der Waals surface area contributed by atoms with E-state index in [1.807, 2.05) is 0 Å². The molecule has 0 fully saturated rings. The van der Waals surface area contributed by atoms with Crippen molar-refractivity contribution in [3.63, 3.8) is 0 Å². The Hall–Kier alpha value is 0.430. The molecule has 0 saturated heterocycles. The summed E-state index contributed by atoms with van der Waals surface area (Å²) in [4.78, 5) is 9.59. The number of primary amides is 1. The predicted octanol–water partition coefficient (Wildman–Crippen LogP) is 1.04. The van der Waals surface area contributed by atoms with Gasteiger partial charge in [-0.2, -0.15) is 0 Å². The van der Waals surface area contributed by atoms with E-state index in [0.717, 1.165) is 0 Å². The standard InChI is InChI=1S/C3H7NO.2BrH/c1-2-3(4)5;;/h2H2,1H3,(H2,4,5);2*1H. The van der Waals surface area contributed by atoms with E-state index in [-0.39, 0.29) is 39.9 Å². The van der Waals surface area contributed by atoms with Crippen LogP contribution in [0.1, 0.15) is 13.3 Å². The van der Waals surface area contributed by atoms with E-state index in [4.69, 9.17) is 0 Å². The van der Waals surface area contributed by atoms with Crippen LogP contribution in [0.25, 0.3) is 0 Å². The van der Waals surface area contributed by atoms with Gasteiger partial charge in [-0.05, 0) is 0 Å². The Morgan fingerprint density at radius 1 is 1.57 bits per heavy atom. The van der Waals surface area contributed by atoms with Gasteiger partial charge < -0.3 is 5.73 Å². The van der Waals surface area contributed by atoms with Crippen molar-refractivity contribution in [3.05, 3.63) is 0 Å². The average molecular weight is 235 g/mol. The highest BCUT2D eigenvalue weighted by atomic mass is 79.9. The van der Waals surface area contributed by atoms with Crippen molar-refractivity contribution >= 4 is 39.9 Å². The van der Waals surface area contributed by atoms with Gasteiger partial charge in [0.1, 0.15) is 0 Å². The van der Waals surface area contributed by atoms with Crippen molar-refractivity contribution in [2.75, 3.05) is 0 Å². The summed E-state index contributed by atoms with van der Waals surface area (Å²) in [5, 5.41) is 0. The van der Waals surface area contributed by atoms with Crippen molar-refractivity contribution in [1.82, 2.24) is 0 Å². The Bertz CT molecular complexity index is 48.2. The van der Waals surface area contributed by atoms with Gasteiger partial charge in [0.2, 0.25) is 5.91 Å². The molecule has 0 aliphatic carbocycles. The molecule has 0 atom stereocenters. The highest BCUT2D eigenvalue weighted by Crippen LogP contribution is 1.63. The monoisotopic (exact) mass is 233 g/mol. The molecule has 0 aromatic heterocycles. The minimum Gasteiger partial charge on any atom is -0.370 e. The first kappa shape index (κ1) is 15.7. The normalized spacial score (nSPS) is 5.29. The zero-order chi connectivity index (χ0) is 4.28. The third-order valence-corrected chi connectivity index (χ3v) is 0.348. The molecule has 7 heavy (non-hydrogen) atoms. The lowest BCUT2D eigenvalue weighted by Gasteiger charge is -1.73. The molecule has 2 nitrogen and oxygen atoms in total. The summed E-state index contributed by atoms with van der Waals surface area (Å²) in [7, 11) is 0. The largest absolute Gasteiger partial charge is 0.370 e. The second-order valence-electron chi connectivity index (χ2n) is 0.820.